The molecule has 0 saturated heterocycles. The van der Waals surface area contributed by atoms with Crippen LogP contribution in [0.1, 0.15) is 33.6 Å². The average molecular weight is 424 g/mol. The minimum absolute atomic E-state index is 0.344. The molecule has 0 radical (unpaired) electrons. The molecule has 0 fully saturated rings. The third kappa shape index (κ3) is 4.25. The zero-order valence-corrected chi connectivity index (χ0v) is 18.5. The smallest absolute Gasteiger partial charge is 0.164 e. The molecule has 0 saturated carbocycles. The molecule has 0 unspecified atom stereocenters. The molecule has 0 aliphatic rings. The van der Waals surface area contributed by atoms with Crippen LogP contribution in [-0.2, 0) is 17.9 Å². The number of methoxy groups -OCH3 is 1. The van der Waals surface area contributed by atoms with E-state index >= 15 is 0 Å². The number of nitriles is 1. The van der Waals surface area contributed by atoms with Gasteiger partial charge in [-0.1, -0.05) is 48.5 Å². The molecule has 0 aliphatic carbocycles. The van der Waals surface area contributed by atoms with Crippen LogP contribution in [0.2, 0.25) is 0 Å². The van der Waals surface area contributed by atoms with Gasteiger partial charge in [0.1, 0.15) is 11.6 Å². The number of aryl methyl sites for hydroxylation is 1. The maximum absolute atomic E-state index is 9.62. The van der Waals surface area contributed by atoms with Crippen LogP contribution in [0, 0.1) is 25.2 Å². The van der Waals surface area contributed by atoms with Crippen LogP contribution in [-0.4, -0.2) is 22.9 Å². The first-order valence-corrected chi connectivity index (χ1v) is 10.4. The van der Waals surface area contributed by atoms with E-state index in [4.69, 9.17) is 4.74 Å². The third-order valence-electron chi connectivity index (χ3n) is 5.47. The standard InChI is InChI=1S/C26H25N5O/c1-18-13-21(17-32-3)23(14-27)26(29-18)30-28-15-24-19(2)31(16-20-9-5-4-6-10-20)25-12-8-7-11-22(24)25/h4-13,15H,16-17H2,1-3H3,(H,29,30)/b28-15+. The summed E-state index contributed by atoms with van der Waals surface area (Å²) in [5, 5.41) is 15.2. The van der Waals surface area contributed by atoms with Crippen LogP contribution >= 0.6 is 0 Å². The minimum atomic E-state index is 0.344. The van der Waals surface area contributed by atoms with Crippen molar-refractivity contribution in [2.24, 2.45) is 5.10 Å². The molecule has 0 bridgehead atoms. The number of ether oxygens (including phenoxy) is 1. The summed E-state index contributed by atoms with van der Waals surface area (Å²) in [5.74, 6) is 0.432. The molecule has 2 heterocycles. The number of nitrogens with one attached hydrogen (secondary N) is 1. The maximum Gasteiger partial charge on any atom is 0.164 e. The molecule has 6 nitrogen and oxygen atoms in total. The van der Waals surface area contributed by atoms with Crippen LogP contribution in [0.25, 0.3) is 10.9 Å². The van der Waals surface area contributed by atoms with E-state index in [1.54, 1.807) is 13.3 Å². The molecule has 1 N–H and O–H groups in total. The number of nitrogens with zero attached hydrogens (tertiary/aromatic N) is 4. The van der Waals surface area contributed by atoms with E-state index < -0.39 is 0 Å². The molecule has 0 spiro atoms. The van der Waals surface area contributed by atoms with Crippen molar-refractivity contribution >= 4 is 22.9 Å². The number of fused-ring (bicyclic) bond motifs is 1. The Balaban J connectivity index is 1.69. The Bertz CT molecular complexity index is 1320. The Hall–Kier alpha value is -3.95. The van der Waals surface area contributed by atoms with Gasteiger partial charge < -0.3 is 9.30 Å². The van der Waals surface area contributed by atoms with Gasteiger partial charge in [0, 0.05) is 47.1 Å². The predicted octanol–water partition coefficient (Wildman–Crippen LogP) is 5.17. The van der Waals surface area contributed by atoms with E-state index in [1.165, 1.54) is 5.56 Å². The largest absolute Gasteiger partial charge is 0.380 e. The third-order valence-corrected chi connectivity index (χ3v) is 5.47. The van der Waals surface area contributed by atoms with Crippen LogP contribution < -0.4 is 5.43 Å². The van der Waals surface area contributed by atoms with Gasteiger partial charge in [0.25, 0.3) is 0 Å². The fraction of sp³-hybridized carbons (Fsp3) is 0.192. The molecule has 2 aromatic heterocycles. The zero-order valence-electron chi connectivity index (χ0n) is 18.5. The van der Waals surface area contributed by atoms with Gasteiger partial charge in [-0.2, -0.15) is 10.4 Å². The molecule has 0 amide bonds. The van der Waals surface area contributed by atoms with Crippen molar-refractivity contribution in [1.82, 2.24) is 9.55 Å². The number of anilines is 1. The highest BCUT2D eigenvalue weighted by Crippen LogP contribution is 2.26. The van der Waals surface area contributed by atoms with E-state index in [1.807, 2.05) is 25.1 Å². The topological polar surface area (TPSA) is 75.2 Å². The zero-order chi connectivity index (χ0) is 22.5. The normalized spacial score (nSPS) is 11.2. The Morgan fingerprint density at radius 1 is 1.12 bits per heavy atom. The lowest BCUT2D eigenvalue weighted by atomic mass is 10.1. The summed E-state index contributed by atoms with van der Waals surface area (Å²) in [7, 11) is 1.61. The summed E-state index contributed by atoms with van der Waals surface area (Å²) in [6.07, 6.45) is 1.81. The maximum atomic E-state index is 9.62. The summed E-state index contributed by atoms with van der Waals surface area (Å²) in [4.78, 5) is 4.46. The van der Waals surface area contributed by atoms with E-state index in [0.717, 1.165) is 40.0 Å². The number of pyridine rings is 1. The van der Waals surface area contributed by atoms with Crippen molar-refractivity contribution in [3.63, 3.8) is 0 Å². The Morgan fingerprint density at radius 2 is 1.88 bits per heavy atom. The average Bonchev–Trinajstić information content (AvgIpc) is 3.06. The van der Waals surface area contributed by atoms with Crippen molar-refractivity contribution in [1.29, 1.82) is 5.26 Å². The lowest BCUT2D eigenvalue weighted by Gasteiger charge is -2.09. The van der Waals surface area contributed by atoms with Gasteiger partial charge in [-0.3, -0.25) is 5.43 Å². The summed E-state index contributed by atoms with van der Waals surface area (Å²) in [6.45, 7) is 5.12. The monoisotopic (exact) mass is 423 g/mol. The number of hydrogen-bond acceptors (Lipinski definition) is 5. The molecule has 160 valence electrons. The van der Waals surface area contributed by atoms with Crippen molar-refractivity contribution in [3.8, 4) is 6.07 Å². The van der Waals surface area contributed by atoms with Crippen LogP contribution in [0.15, 0.2) is 65.8 Å². The van der Waals surface area contributed by atoms with Crippen LogP contribution in [0.3, 0.4) is 0 Å². The summed E-state index contributed by atoms with van der Waals surface area (Å²) in [5.41, 5.74) is 9.56. The van der Waals surface area contributed by atoms with Crippen LogP contribution in [0.5, 0.6) is 0 Å². The van der Waals surface area contributed by atoms with Crippen molar-refractivity contribution in [3.05, 3.63) is 94.3 Å². The predicted molar refractivity (Wildman–Crippen MR) is 128 cm³/mol. The molecule has 6 heteroatoms. The fourth-order valence-electron chi connectivity index (χ4n) is 3.96. The molecule has 2 aromatic carbocycles. The first kappa shape index (κ1) is 21.3. The number of para-hydroxylation sites is 1. The first-order chi connectivity index (χ1) is 15.6. The van der Waals surface area contributed by atoms with Crippen molar-refractivity contribution in [2.45, 2.75) is 27.0 Å². The van der Waals surface area contributed by atoms with E-state index in [-0.39, 0.29) is 0 Å². The highest BCUT2D eigenvalue weighted by atomic mass is 16.5. The van der Waals surface area contributed by atoms with Gasteiger partial charge in [0.05, 0.1) is 12.8 Å². The number of aromatic nitrogens is 2. The number of hydrazone groups is 1. The van der Waals surface area contributed by atoms with Gasteiger partial charge >= 0.3 is 0 Å². The van der Waals surface area contributed by atoms with Gasteiger partial charge in [-0.15, -0.1) is 0 Å². The summed E-state index contributed by atoms with van der Waals surface area (Å²) in [6, 6.07) is 22.8. The highest BCUT2D eigenvalue weighted by Gasteiger charge is 2.14. The second kappa shape index (κ2) is 9.46. The van der Waals surface area contributed by atoms with Crippen LogP contribution in [0.4, 0.5) is 5.82 Å². The molecule has 0 atom stereocenters. The SMILES string of the molecule is COCc1cc(C)nc(N/N=C/c2c(C)n(Cc3ccccc3)c3ccccc23)c1C#N. The van der Waals surface area contributed by atoms with Gasteiger partial charge in [-0.05, 0) is 31.5 Å². The highest BCUT2D eigenvalue weighted by molar-refractivity contribution is 6.01. The van der Waals surface area contributed by atoms with E-state index in [9.17, 15) is 5.26 Å². The van der Waals surface area contributed by atoms with E-state index in [0.29, 0.717) is 18.0 Å². The van der Waals surface area contributed by atoms with Gasteiger partial charge in [-0.25, -0.2) is 4.98 Å². The molecule has 4 aromatic rings. The first-order valence-electron chi connectivity index (χ1n) is 10.4. The second-order valence-corrected chi connectivity index (χ2v) is 7.65. The fourth-order valence-corrected chi connectivity index (χ4v) is 3.96. The number of rotatable bonds is 7. The summed E-state index contributed by atoms with van der Waals surface area (Å²) >= 11 is 0. The number of benzene rings is 2. The summed E-state index contributed by atoms with van der Waals surface area (Å²) < 4.78 is 7.52. The molecular formula is C26H25N5O. The Labute approximate surface area is 187 Å². The van der Waals surface area contributed by atoms with Gasteiger partial charge in [0.15, 0.2) is 5.82 Å². The van der Waals surface area contributed by atoms with E-state index in [2.05, 4.69) is 75.5 Å². The minimum Gasteiger partial charge on any atom is -0.380 e. The Morgan fingerprint density at radius 3 is 2.62 bits per heavy atom. The lowest BCUT2D eigenvalue weighted by molar-refractivity contribution is 0.184. The molecule has 0 aliphatic heterocycles. The Kier molecular flexibility index (Phi) is 6.29. The van der Waals surface area contributed by atoms with Crippen molar-refractivity contribution < 1.29 is 4.74 Å². The van der Waals surface area contributed by atoms with Gasteiger partial charge in [0.2, 0.25) is 0 Å². The molecular weight excluding hydrogens is 398 g/mol. The second-order valence-electron chi connectivity index (χ2n) is 7.65. The molecule has 32 heavy (non-hydrogen) atoms. The molecule has 4 rings (SSSR count). The van der Waals surface area contributed by atoms with Crippen molar-refractivity contribution in [2.75, 3.05) is 12.5 Å². The quantitative estimate of drug-likeness (QED) is 0.329. The number of hydrogen-bond donors (Lipinski definition) is 1. The lowest BCUT2D eigenvalue weighted by Crippen LogP contribution is -2.04.